The minimum Gasteiger partial charge on any atom is -0.481 e. The molecule has 0 spiro atoms. The van der Waals surface area contributed by atoms with Crippen molar-refractivity contribution in [3.05, 3.63) is 70.8 Å². The fourth-order valence-corrected chi connectivity index (χ4v) is 3.26. The Kier molecular flexibility index (Phi) is 6.40. The highest BCUT2D eigenvalue weighted by Crippen LogP contribution is 2.24. The van der Waals surface area contributed by atoms with Gasteiger partial charge in [0.2, 0.25) is 0 Å². The number of nitrogens with zero attached hydrogens (tertiary/aromatic N) is 1. The molecule has 3 rings (SSSR count). The van der Waals surface area contributed by atoms with Crippen LogP contribution in [-0.4, -0.2) is 51.8 Å². The molecule has 2 N–H and O–H groups in total. The third-order valence-corrected chi connectivity index (χ3v) is 4.88. The number of carbonyl (C=O) groups is 4. The van der Waals surface area contributed by atoms with Crippen LogP contribution in [0.1, 0.15) is 49.5 Å². The van der Waals surface area contributed by atoms with Crippen molar-refractivity contribution in [3.8, 4) is 11.8 Å². The van der Waals surface area contributed by atoms with Crippen LogP contribution in [0.3, 0.4) is 0 Å². The third-order valence-electron chi connectivity index (χ3n) is 4.88. The lowest BCUT2D eigenvalue weighted by atomic mass is 9.95. The summed E-state index contributed by atoms with van der Waals surface area (Å²) >= 11 is 0. The molecule has 152 valence electrons. The first-order valence-corrected chi connectivity index (χ1v) is 9.33. The van der Waals surface area contributed by atoms with E-state index in [0.29, 0.717) is 22.3 Å². The molecule has 2 aromatic carbocycles. The van der Waals surface area contributed by atoms with Crippen LogP contribution in [0.25, 0.3) is 0 Å². The van der Waals surface area contributed by atoms with Crippen molar-refractivity contribution in [1.82, 2.24) is 4.90 Å². The fraction of sp³-hybridized carbons (Fsp3) is 0.217. The molecule has 0 aromatic heterocycles. The summed E-state index contributed by atoms with van der Waals surface area (Å²) in [6.45, 7) is -0.347. The van der Waals surface area contributed by atoms with E-state index in [2.05, 4.69) is 11.8 Å². The topological polar surface area (TPSA) is 112 Å². The average molecular weight is 405 g/mol. The standard InChI is InChI=1S/C23H19NO6/c25-13-3-4-15-7-9-16(10-8-15)20(26)14-17(23(29)30)11-12-24-21(27)18-5-1-2-6-19(18)22(24)28/h1-2,5-10,17,25H,11-14H2,(H,29,30). The minimum atomic E-state index is -1.16. The second-order valence-corrected chi connectivity index (χ2v) is 6.80. The summed E-state index contributed by atoms with van der Waals surface area (Å²) in [5, 5.41) is 18.2. The van der Waals surface area contributed by atoms with E-state index in [4.69, 9.17) is 5.11 Å². The lowest BCUT2D eigenvalue weighted by Crippen LogP contribution is -2.33. The first-order chi connectivity index (χ1) is 14.4. The van der Waals surface area contributed by atoms with E-state index in [1.54, 1.807) is 48.5 Å². The van der Waals surface area contributed by atoms with Crippen molar-refractivity contribution in [3.63, 3.8) is 0 Å². The van der Waals surface area contributed by atoms with Gasteiger partial charge in [-0.05, 0) is 30.7 Å². The van der Waals surface area contributed by atoms with Crippen molar-refractivity contribution in [1.29, 1.82) is 0 Å². The zero-order chi connectivity index (χ0) is 21.7. The number of carbonyl (C=O) groups excluding carboxylic acids is 3. The van der Waals surface area contributed by atoms with Crippen molar-refractivity contribution in [2.24, 2.45) is 5.92 Å². The average Bonchev–Trinajstić information content (AvgIpc) is 3.00. The Morgan fingerprint density at radius 3 is 2.10 bits per heavy atom. The third kappa shape index (κ3) is 4.45. The summed E-state index contributed by atoms with van der Waals surface area (Å²) in [4.78, 5) is 50.0. The number of rotatable bonds is 7. The number of Topliss-reactive ketones (excluding diaryl/α,β-unsaturated/α-hetero) is 1. The molecule has 0 fully saturated rings. The van der Waals surface area contributed by atoms with Gasteiger partial charge in [-0.15, -0.1) is 0 Å². The number of hydrogen-bond donors (Lipinski definition) is 2. The van der Waals surface area contributed by atoms with Crippen LogP contribution < -0.4 is 0 Å². The predicted octanol–water partition coefficient (Wildman–Crippen LogP) is 1.99. The maximum atomic E-state index is 12.5. The molecule has 7 nitrogen and oxygen atoms in total. The van der Waals surface area contributed by atoms with E-state index in [9.17, 15) is 24.3 Å². The highest BCUT2D eigenvalue weighted by Gasteiger charge is 2.35. The number of carboxylic acid groups (broad SMARTS) is 1. The zero-order valence-corrected chi connectivity index (χ0v) is 16.0. The van der Waals surface area contributed by atoms with E-state index in [1.807, 2.05) is 0 Å². The van der Waals surface area contributed by atoms with Crippen LogP contribution in [-0.2, 0) is 4.79 Å². The van der Waals surface area contributed by atoms with Crippen LogP contribution in [0.15, 0.2) is 48.5 Å². The maximum absolute atomic E-state index is 12.5. The molecule has 1 unspecified atom stereocenters. The molecule has 2 aromatic rings. The second kappa shape index (κ2) is 9.16. The highest BCUT2D eigenvalue weighted by molar-refractivity contribution is 6.21. The summed E-state index contributed by atoms with van der Waals surface area (Å²) < 4.78 is 0. The van der Waals surface area contributed by atoms with Gasteiger partial charge in [-0.2, -0.15) is 0 Å². The Labute approximate surface area is 172 Å². The van der Waals surface area contributed by atoms with E-state index in [1.165, 1.54) is 0 Å². The van der Waals surface area contributed by atoms with Crippen molar-refractivity contribution < 1.29 is 29.4 Å². The normalized spacial score (nSPS) is 13.4. The summed E-state index contributed by atoms with van der Waals surface area (Å²) in [5.74, 6) is 1.76. The molecule has 1 atom stereocenters. The predicted molar refractivity (Wildman–Crippen MR) is 107 cm³/mol. The Morgan fingerprint density at radius 1 is 0.967 bits per heavy atom. The Bertz CT molecular complexity index is 1030. The number of aliphatic carboxylic acids is 1. The number of carboxylic acids is 1. The highest BCUT2D eigenvalue weighted by atomic mass is 16.4. The van der Waals surface area contributed by atoms with Gasteiger partial charge in [-0.3, -0.25) is 24.1 Å². The molecule has 0 radical (unpaired) electrons. The molecular formula is C23H19NO6. The molecular weight excluding hydrogens is 386 g/mol. The van der Waals surface area contributed by atoms with E-state index in [-0.39, 0.29) is 31.8 Å². The number of imide groups is 1. The van der Waals surface area contributed by atoms with Gasteiger partial charge < -0.3 is 10.2 Å². The SMILES string of the molecule is O=C(CC(CCN1C(=O)c2ccccc2C1=O)C(=O)O)c1ccc(C#CCO)cc1. The van der Waals surface area contributed by atoms with Gasteiger partial charge in [0.25, 0.3) is 11.8 Å². The number of hydrogen-bond acceptors (Lipinski definition) is 5. The van der Waals surface area contributed by atoms with E-state index >= 15 is 0 Å². The van der Waals surface area contributed by atoms with Crippen molar-refractivity contribution in [2.45, 2.75) is 12.8 Å². The van der Waals surface area contributed by atoms with Gasteiger partial charge >= 0.3 is 5.97 Å². The van der Waals surface area contributed by atoms with E-state index in [0.717, 1.165) is 4.90 Å². The monoisotopic (exact) mass is 405 g/mol. The second-order valence-electron chi connectivity index (χ2n) is 6.80. The number of benzene rings is 2. The van der Waals surface area contributed by atoms with Crippen LogP contribution in [0.5, 0.6) is 0 Å². The molecule has 30 heavy (non-hydrogen) atoms. The van der Waals surface area contributed by atoms with Gasteiger partial charge in [0.05, 0.1) is 17.0 Å². The van der Waals surface area contributed by atoms with Crippen molar-refractivity contribution in [2.75, 3.05) is 13.2 Å². The molecule has 1 aliphatic heterocycles. The minimum absolute atomic E-state index is 0.0212. The molecule has 0 bridgehead atoms. The number of amides is 2. The summed E-state index contributed by atoms with van der Waals surface area (Å²) in [6.07, 6.45) is -0.271. The van der Waals surface area contributed by atoms with Crippen molar-refractivity contribution >= 4 is 23.6 Å². The lowest BCUT2D eigenvalue weighted by molar-refractivity contribution is -0.142. The quantitative estimate of drug-likeness (QED) is 0.414. The van der Waals surface area contributed by atoms with Crippen LogP contribution in [0.2, 0.25) is 0 Å². The zero-order valence-electron chi connectivity index (χ0n) is 16.0. The number of fused-ring (bicyclic) bond motifs is 1. The summed E-state index contributed by atoms with van der Waals surface area (Å²) in [6, 6.07) is 12.8. The van der Waals surface area contributed by atoms with Gasteiger partial charge in [-0.25, -0.2) is 0 Å². The largest absolute Gasteiger partial charge is 0.481 e. The molecule has 1 heterocycles. The van der Waals surface area contributed by atoms with Gasteiger partial charge in [-0.1, -0.05) is 36.1 Å². The Balaban J connectivity index is 1.64. The van der Waals surface area contributed by atoms with Crippen LogP contribution in [0.4, 0.5) is 0 Å². The van der Waals surface area contributed by atoms with Gasteiger partial charge in [0, 0.05) is 24.1 Å². The summed E-state index contributed by atoms with van der Waals surface area (Å²) in [5.41, 5.74) is 1.57. The van der Waals surface area contributed by atoms with Gasteiger partial charge in [0.1, 0.15) is 6.61 Å². The molecule has 0 saturated heterocycles. The molecule has 7 heteroatoms. The first kappa shape index (κ1) is 21.0. The molecule has 1 aliphatic rings. The van der Waals surface area contributed by atoms with Crippen LogP contribution >= 0.6 is 0 Å². The number of aliphatic hydroxyl groups is 1. The van der Waals surface area contributed by atoms with Gasteiger partial charge in [0.15, 0.2) is 5.78 Å². The Morgan fingerprint density at radius 2 is 1.57 bits per heavy atom. The summed E-state index contributed by atoms with van der Waals surface area (Å²) in [7, 11) is 0. The maximum Gasteiger partial charge on any atom is 0.307 e. The molecule has 0 aliphatic carbocycles. The molecule has 0 saturated carbocycles. The smallest absolute Gasteiger partial charge is 0.307 e. The first-order valence-electron chi connectivity index (χ1n) is 9.33. The molecule has 2 amide bonds. The lowest BCUT2D eigenvalue weighted by Gasteiger charge is -2.17. The van der Waals surface area contributed by atoms with E-state index < -0.39 is 23.7 Å². The van der Waals surface area contributed by atoms with Crippen LogP contribution in [0, 0.1) is 17.8 Å². The number of aliphatic hydroxyl groups excluding tert-OH is 1. The Hall–Kier alpha value is -3.76. The fourth-order valence-electron chi connectivity index (χ4n) is 3.26. The number of ketones is 1.